The summed E-state index contributed by atoms with van der Waals surface area (Å²) in [7, 11) is 0. The van der Waals surface area contributed by atoms with Gasteiger partial charge in [0.1, 0.15) is 11.8 Å². The normalized spacial score (nSPS) is 11.8. The molecule has 0 saturated carbocycles. The van der Waals surface area contributed by atoms with Crippen molar-refractivity contribution in [3.05, 3.63) is 77.9 Å². The van der Waals surface area contributed by atoms with E-state index in [2.05, 4.69) is 15.6 Å². The topological polar surface area (TPSA) is 132 Å². The Morgan fingerprint density at radius 2 is 1.62 bits per heavy atom. The van der Waals surface area contributed by atoms with E-state index in [1.165, 1.54) is 24.3 Å². The van der Waals surface area contributed by atoms with E-state index in [0.717, 1.165) is 16.9 Å². The number of anilines is 1. The maximum Gasteiger partial charge on any atom is 0.251 e. The number of hydrogen-bond acceptors (Lipinski definition) is 7. The van der Waals surface area contributed by atoms with Crippen LogP contribution < -0.4 is 10.6 Å². The molecule has 0 spiro atoms. The minimum atomic E-state index is -0.916. The van der Waals surface area contributed by atoms with Crippen LogP contribution in [0.25, 0.3) is 10.2 Å². The number of benzene rings is 3. The highest BCUT2D eigenvalue weighted by atomic mass is 32.1. The van der Waals surface area contributed by atoms with Gasteiger partial charge >= 0.3 is 0 Å². The van der Waals surface area contributed by atoms with Crippen LogP contribution in [0.2, 0.25) is 0 Å². The van der Waals surface area contributed by atoms with Gasteiger partial charge < -0.3 is 26.0 Å². The summed E-state index contributed by atoms with van der Waals surface area (Å²) in [6, 6.07) is 16.7. The van der Waals surface area contributed by atoms with Crippen molar-refractivity contribution in [3.63, 3.8) is 0 Å². The molecule has 1 heterocycles. The number of phenols is 3. The summed E-state index contributed by atoms with van der Waals surface area (Å²) in [6.07, 6.45) is 0.192. The molecule has 4 aromatic rings. The Labute approximate surface area is 186 Å². The van der Waals surface area contributed by atoms with Gasteiger partial charge in [-0.3, -0.25) is 9.59 Å². The van der Waals surface area contributed by atoms with Crippen LogP contribution >= 0.6 is 11.3 Å². The zero-order chi connectivity index (χ0) is 22.7. The molecular formula is C23H19N3O5S. The summed E-state index contributed by atoms with van der Waals surface area (Å²) in [4.78, 5) is 30.0. The number of fused-ring (bicyclic) bond motifs is 1. The predicted molar refractivity (Wildman–Crippen MR) is 121 cm³/mol. The van der Waals surface area contributed by atoms with Gasteiger partial charge in [0, 0.05) is 24.1 Å². The number of nitrogens with one attached hydrogen (secondary N) is 2. The van der Waals surface area contributed by atoms with Crippen LogP contribution in [0.1, 0.15) is 15.9 Å². The van der Waals surface area contributed by atoms with Crippen molar-refractivity contribution in [1.29, 1.82) is 0 Å². The van der Waals surface area contributed by atoms with Crippen molar-refractivity contribution in [2.75, 3.05) is 5.32 Å². The third kappa shape index (κ3) is 4.79. The Morgan fingerprint density at radius 3 is 2.34 bits per heavy atom. The van der Waals surface area contributed by atoms with Gasteiger partial charge in [-0.1, -0.05) is 41.7 Å². The average molecular weight is 449 g/mol. The third-order valence-electron chi connectivity index (χ3n) is 4.75. The molecule has 0 aliphatic heterocycles. The van der Waals surface area contributed by atoms with Crippen LogP contribution in [0, 0.1) is 0 Å². The summed E-state index contributed by atoms with van der Waals surface area (Å²) in [5.41, 5.74) is 1.58. The molecule has 0 saturated heterocycles. The third-order valence-corrected chi connectivity index (χ3v) is 5.68. The number of hydrogen-bond donors (Lipinski definition) is 5. The predicted octanol–water partition coefficient (Wildman–Crippen LogP) is 3.39. The van der Waals surface area contributed by atoms with Crippen molar-refractivity contribution in [2.45, 2.75) is 12.5 Å². The fourth-order valence-corrected chi connectivity index (χ4v) is 3.99. The zero-order valence-corrected chi connectivity index (χ0v) is 17.5. The molecule has 9 heteroatoms. The van der Waals surface area contributed by atoms with E-state index in [1.807, 2.05) is 0 Å². The first kappa shape index (κ1) is 21.1. The van der Waals surface area contributed by atoms with Gasteiger partial charge in [0.05, 0.1) is 10.2 Å². The molecule has 0 fully saturated rings. The van der Waals surface area contributed by atoms with Gasteiger partial charge in [-0.05, 0) is 29.8 Å². The molecule has 4 rings (SSSR count). The number of thiazole rings is 1. The monoisotopic (exact) mass is 449 g/mol. The highest BCUT2D eigenvalue weighted by molar-refractivity contribution is 7.22. The molecular weight excluding hydrogens is 430 g/mol. The van der Waals surface area contributed by atoms with Gasteiger partial charge in [0.25, 0.3) is 5.91 Å². The highest BCUT2D eigenvalue weighted by Gasteiger charge is 2.23. The van der Waals surface area contributed by atoms with Crippen molar-refractivity contribution in [1.82, 2.24) is 10.3 Å². The molecule has 3 aromatic carbocycles. The SMILES string of the molecule is O=C(N[C@@H](Cc1ccc(O)cc1)C(=O)Nc1nc2cc(O)c(O)cc2s1)c1ccccc1. The van der Waals surface area contributed by atoms with Crippen molar-refractivity contribution in [2.24, 2.45) is 0 Å². The summed E-state index contributed by atoms with van der Waals surface area (Å²) >= 11 is 1.13. The molecule has 1 aromatic heterocycles. The van der Waals surface area contributed by atoms with E-state index in [4.69, 9.17) is 0 Å². The second-order valence-electron chi connectivity index (χ2n) is 7.08. The lowest BCUT2D eigenvalue weighted by Crippen LogP contribution is -2.45. The first-order valence-corrected chi connectivity index (χ1v) is 10.5. The number of rotatable bonds is 6. The minimum Gasteiger partial charge on any atom is -0.508 e. The number of carbonyl (C=O) groups excluding carboxylic acids is 2. The van der Waals surface area contributed by atoms with Crippen LogP contribution in [0.5, 0.6) is 17.2 Å². The van der Waals surface area contributed by atoms with Crippen LogP contribution in [-0.4, -0.2) is 38.2 Å². The van der Waals surface area contributed by atoms with E-state index in [1.54, 1.807) is 42.5 Å². The van der Waals surface area contributed by atoms with Crippen molar-refractivity contribution in [3.8, 4) is 17.2 Å². The van der Waals surface area contributed by atoms with Crippen LogP contribution in [0.15, 0.2) is 66.7 Å². The van der Waals surface area contributed by atoms with Gasteiger partial charge in [-0.25, -0.2) is 4.98 Å². The lowest BCUT2D eigenvalue weighted by Gasteiger charge is -2.18. The summed E-state index contributed by atoms with van der Waals surface area (Å²) in [6.45, 7) is 0. The molecule has 32 heavy (non-hydrogen) atoms. The Bertz CT molecular complexity index is 1230. The van der Waals surface area contributed by atoms with E-state index < -0.39 is 17.9 Å². The number of nitrogens with zero attached hydrogens (tertiary/aromatic N) is 1. The average Bonchev–Trinajstić information content (AvgIpc) is 3.16. The molecule has 8 nitrogen and oxygen atoms in total. The fraction of sp³-hybridized carbons (Fsp3) is 0.0870. The number of aromatic hydroxyl groups is 3. The summed E-state index contributed by atoms with van der Waals surface area (Å²) in [5, 5.41) is 34.5. The van der Waals surface area contributed by atoms with Crippen LogP contribution in [0.4, 0.5) is 5.13 Å². The first-order chi connectivity index (χ1) is 15.4. The van der Waals surface area contributed by atoms with Crippen LogP contribution in [-0.2, 0) is 11.2 Å². The number of carbonyl (C=O) groups is 2. The first-order valence-electron chi connectivity index (χ1n) is 9.66. The van der Waals surface area contributed by atoms with Gasteiger partial charge in [-0.15, -0.1) is 0 Å². The molecule has 0 unspecified atom stereocenters. The second kappa shape index (κ2) is 8.94. The Balaban J connectivity index is 1.57. The zero-order valence-electron chi connectivity index (χ0n) is 16.6. The molecule has 5 N–H and O–H groups in total. The second-order valence-corrected chi connectivity index (χ2v) is 8.11. The van der Waals surface area contributed by atoms with E-state index in [0.29, 0.717) is 15.8 Å². The molecule has 0 bridgehead atoms. The highest BCUT2D eigenvalue weighted by Crippen LogP contribution is 2.34. The van der Waals surface area contributed by atoms with Crippen LogP contribution in [0.3, 0.4) is 0 Å². The Kier molecular flexibility index (Phi) is 5.91. The lowest BCUT2D eigenvalue weighted by molar-refractivity contribution is -0.118. The van der Waals surface area contributed by atoms with E-state index in [9.17, 15) is 24.9 Å². The van der Waals surface area contributed by atoms with Gasteiger partial charge in [-0.2, -0.15) is 0 Å². The van der Waals surface area contributed by atoms with Gasteiger partial charge in [0.2, 0.25) is 5.91 Å². The molecule has 0 radical (unpaired) electrons. The maximum atomic E-state index is 13.1. The van der Waals surface area contributed by atoms with E-state index >= 15 is 0 Å². The summed E-state index contributed by atoms with van der Waals surface area (Å²) < 4.78 is 0.582. The molecule has 1 atom stereocenters. The van der Waals surface area contributed by atoms with Crippen molar-refractivity contribution < 1.29 is 24.9 Å². The number of amides is 2. The standard InChI is InChI=1S/C23H19N3O5S/c27-15-8-6-13(7-9-15)10-17(24-21(30)14-4-2-1-3-5-14)22(31)26-23-25-16-11-18(28)19(29)12-20(16)32-23/h1-9,11-12,17,27-29H,10H2,(H,24,30)(H,25,26,31)/t17-/m0/s1. The Hall–Kier alpha value is -4.11. The molecule has 0 aliphatic rings. The number of aromatic nitrogens is 1. The smallest absolute Gasteiger partial charge is 0.251 e. The minimum absolute atomic E-state index is 0.101. The van der Waals surface area contributed by atoms with Crippen molar-refractivity contribution >= 4 is 38.5 Å². The molecule has 0 aliphatic carbocycles. The quantitative estimate of drug-likeness (QED) is 0.287. The largest absolute Gasteiger partial charge is 0.508 e. The molecule has 162 valence electrons. The lowest BCUT2D eigenvalue weighted by atomic mass is 10.0. The maximum absolute atomic E-state index is 13.1. The Morgan fingerprint density at radius 1 is 0.938 bits per heavy atom. The molecule has 2 amide bonds. The number of phenolic OH excluding ortho intramolecular Hbond substituents is 3. The summed E-state index contributed by atoms with van der Waals surface area (Å²) in [5.74, 6) is -1.36. The van der Waals surface area contributed by atoms with E-state index in [-0.39, 0.29) is 28.8 Å². The fourth-order valence-electron chi connectivity index (χ4n) is 3.11. The van der Waals surface area contributed by atoms with Gasteiger partial charge in [0.15, 0.2) is 16.6 Å².